The summed E-state index contributed by atoms with van der Waals surface area (Å²) in [6.07, 6.45) is 3.03. The second kappa shape index (κ2) is 8.51. The molecule has 6 nitrogen and oxygen atoms in total. The van der Waals surface area contributed by atoms with Crippen LogP contribution in [0.1, 0.15) is 79.1 Å². The van der Waals surface area contributed by atoms with E-state index < -0.39 is 29.7 Å². The van der Waals surface area contributed by atoms with Crippen LogP contribution in [0.5, 0.6) is 0 Å². The van der Waals surface area contributed by atoms with Crippen LogP contribution in [0.4, 0.5) is 0 Å². The Labute approximate surface area is 192 Å². The van der Waals surface area contributed by atoms with Gasteiger partial charge in [0.2, 0.25) is 0 Å². The standard InChI is InChI=1S/C26H44O6/c1-5-15-16-10-14(27)8-9-25(16,3)17-12-20(29)26(4)18(22(17)24(15)32)11-19(28)23(26)13(2)6-7-21(30)31/h13-20,22-24,27-29,32H,5-12H2,1-4H3,(H,30,31)/t13-,14-,15-,16+,17?,18?,19+,20-,22?,23+,24-,25+,26-/m1/s1. The topological polar surface area (TPSA) is 118 Å². The van der Waals surface area contributed by atoms with Gasteiger partial charge < -0.3 is 25.5 Å². The van der Waals surface area contributed by atoms with Crippen LogP contribution in [0.25, 0.3) is 0 Å². The van der Waals surface area contributed by atoms with E-state index in [0.29, 0.717) is 19.3 Å². The molecule has 5 N–H and O–H groups in total. The molecule has 0 amide bonds. The van der Waals surface area contributed by atoms with Crippen molar-refractivity contribution in [2.24, 2.45) is 52.3 Å². The van der Waals surface area contributed by atoms with Gasteiger partial charge in [-0.15, -0.1) is 0 Å². The number of carboxylic acid groups (broad SMARTS) is 1. The normalized spacial score (nSPS) is 53.8. The number of aliphatic hydroxyl groups is 4. The monoisotopic (exact) mass is 452 g/mol. The van der Waals surface area contributed by atoms with E-state index in [1.165, 1.54) is 0 Å². The summed E-state index contributed by atoms with van der Waals surface area (Å²) < 4.78 is 0. The molecule has 0 spiro atoms. The highest BCUT2D eigenvalue weighted by molar-refractivity contribution is 5.66. The summed E-state index contributed by atoms with van der Waals surface area (Å²) in [5, 5.41) is 54.1. The van der Waals surface area contributed by atoms with Crippen LogP contribution in [-0.2, 0) is 4.79 Å². The number of carbonyl (C=O) groups is 1. The lowest BCUT2D eigenvalue weighted by Crippen LogP contribution is -2.65. The summed E-state index contributed by atoms with van der Waals surface area (Å²) in [5.41, 5.74) is -0.556. The van der Waals surface area contributed by atoms with Gasteiger partial charge in [0.25, 0.3) is 0 Å². The Morgan fingerprint density at radius 2 is 1.72 bits per heavy atom. The summed E-state index contributed by atoms with van der Waals surface area (Å²) >= 11 is 0. The van der Waals surface area contributed by atoms with Crippen molar-refractivity contribution in [1.82, 2.24) is 0 Å². The Kier molecular flexibility index (Phi) is 6.50. The van der Waals surface area contributed by atoms with Gasteiger partial charge >= 0.3 is 5.97 Å². The molecule has 4 rings (SSSR count). The fourth-order valence-corrected chi connectivity index (χ4v) is 9.52. The molecule has 4 aliphatic carbocycles. The lowest BCUT2D eigenvalue weighted by molar-refractivity contribution is -0.228. The van der Waals surface area contributed by atoms with E-state index in [-0.39, 0.29) is 59.4 Å². The zero-order chi connectivity index (χ0) is 23.6. The van der Waals surface area contributed by atoms with E-state index in [1.807, 2.05) is 6.92 Å². The van der Waals surface area contributed by atoms with E-state index in [0.717, 1.165) is 25.7 Å². The van der Waals surface area contributed by atoms with Gasteiger partial charge in [0.05, 0.1) is 24.4 Å². The van der Waals surface area contributed by atoms with Crippen LogP contribution in [0.3, 0.4) is 0 Å². The Morgan fingerprint density at radius 3 is 2.34 bits per heavy atom. The van der Waals surface area contributed by atoms with Crippen molar-refractivity contribution in [3.8, 4) is 0 Å². The lowest BCUT2D eigenvalue weighted by Gasteiger charge is -2.65. The predicted molar refractivity (Wildman–Crippen MR) is 121 cm³/mol. The molecule has 6 heteroatoms. The molecule has 3 unspecified atom stereocenters. The number of fused-ring (bicyclic) bond motifs is 5. The maximum Gasteiger partial charge on any atom is 0.303 e. The van der Waals surface area contributed by atoms with Crippen molar-refractivity contribution >= 4 is 5.97 Å². The van der Waals surface area contributed by atoms with Crippen molar-refractivity contribution in [2.75, 3.05) is 0 Å². The Morgan fingerprint density at radius 1 is 1.03 bits per heavy atom. The smallest absolute Gasteiger partial charge is 0.303 e. The van der Waals surface area contributed by atoms with Crippen LogP contribution in [0, 0.1) is 52.3 Å². The summed E-state index contributed by atoms with van der Waals surface area (Å²) in [7, 11) is 0. The third kappa shape index (κ3) is 3.47. The van der Waals surface area contributed by atoms with Crippen molar-refractivity contribution < 1.29 is 30.3 Å². The zero-order valence-electron chi connectivity index (χ0n) is 20.2. The van der Waals surface area contributed by atoms with Crippen molar-refractivity contribution in [3.63, 3.8) is 0 Å². The van der Waals surface area contributed by atoms with Gasteiger partial charge in [-0.1, -0.05) is 34.1 Å². The molecule has 0 saturated heterocycles. The Hall–Kier alpha value is -0.690. The van der Waals surface area contributed by atoms with Crippen LogP contribution < -0.4 is 0 Å². The van der Waals surface area contributed by atoms with Gasteiger partial charge in [0.1, 0.15) is 0 Å². The number of aliphatic hydroxyl groups excluding tert-OH is 4. The highest BCUT2D eigenvalue weighted by atomic mass is 16.4. The lowest BCUT2D eigenvalue weighted by atomic mass is 9.41. The largest absolute Gasteiger partial charge is 0.481 e. The predicted octanol–water partition coefficient (Wildman–Crippen LogP) is 3.06. The molecule has 0 aromatic rings. The quantitative estimate of drug-likeness (QED) is 0.438. The SMILES string of the molecule is CC[C@H]1[C@@H](O)C2C3C[C@H](O)[C@H]([C@H](C)CCC(=O)O)[C@@]3(C)[C@H](O)CC2[C@@]2(C)CC[C@@H](O)C[C@@H]12. The van der Waals surface area contributed by atoms with Gasteiger partial charge in [-0.05, 0) is 85.4 Å². The van der Waals surface area contributed by atoms with Gasteiger partial charge in [0, 0.05) is 11.8 Å². The Balaban J connectivity index is 1.70. The second-order valence-corrected chi connectivity index (χ2v) is 12.2. The summed E-state index contributed by atoms with van der Waals surface area (Å²) in [6.45, 7) is 8.55. The zero-order valence-corrected chi connectivity index (χ0v) is 20.2. The number of hydrogen-bond acceptors (Lipinski definition) is 5. The molecule has 0 bridgehead atoms. The minimum Gasteiger partial charge on any atom is -0.481 e. The maximum atomic E-state index is 11.7. The second-order valence-electron chi connectivity index (χ2n) is 12.2. The first-order valence-corrected chi connectivity index (χ1v) is 12.9. The molecule has 0 aromatic heterocycles. The molecule has 0 aromatic carbocycles. The average Bonchev–Trinajstić information content (AvgIpc) is 3.00. The Bertz CT molecular complexity index is 712. The molecule has 4 saturated carbocycles. The molecule has 0 heterocycles. The summed E-state index contributed by atoms with van der Waals surface area (Å²) in [4.78, 5) is 11.2. The van der Waals surface area contributed by atoms with E-state index >= 15 is 0 Å². The van der Waals surface area contributed by atoms with E-state index in [2.05, 4.69) is 20.8 Å². The van der Waals surface area contributed by atoms with Crippen LogP contribution in [0.15, 0.2) is 0 Å². The molecule has 184 valence electrons. The molecular formula is C26H44O6. The minimum atomic E-state index is -0.831. The summed E-state index contributed by atoms with van der Waals surface area (Å²) in [6, 6.07) is 0. The number of carboxylic acids is 1. The molecule has 4 fully saturated rings. The first-order chi connectivity index (χ1) is 15.0. The average molecular weight is 453 g/mol. The molecule has 32 heavy (non-hydrogen) atoms. The summed E-state index contributed by atoms with van der Waals surface area (Å²) in [5.74, 6) is -0.439. The van der Waals surface area contributed by atoms with Gasteiger partial charge in [-0.25, -0.2) is 0 Å². The molecule has 0 radical (unpaired) electrons. The molecule has 13 atom stereocenters. The highest BCUT2D eigenvalue weighted by Crippen LogP contribution is 2.69. The minimum absolute atomic E-state index is 0.0113. The van der Waals surface area contributed by atoms with E-state index in [1.54, 1.807) is 0 Å². The highest BCUT2D eigenvalue weighted by Gasteiger charge is 2.68. The fourth-order valence-electron chi connectivity index (χ4n) is 9.52. The van der Waals surface area contributed by atoms with Crippen LogP contribution in [-0.4, -0.2) is 55.9 Å². The molecule has 4 aliphatic rings. The van der Waals surface area contributed by atoms with Crippen molar-refractivity contribution in [2.45, 2.75) is 103 Å². The van der Waals surface area contributed by atoms with E-state index in [9.17, 15) is 25.2 Å². The first-order valence-electron chi connectivity index (χ1n) is 12.9. The first kappa shape index (κ1) is 24.4. The fraction of sp³-hybridized carbons (Fsp3) is 0.962. The number of aliphatic carboxylic acids is 1. The van der Waals surface area contributed by atoms with Gasteiger partial charge in [-0.2, -0.15) is 0 Å². The van der Waals surface area contributed by atoms with E-state index in [4.69, 9.17) is 5.11 Å². The van der Waals surface area contributed by atoms with Crippen LogP contribution in [0.2, 0.25) is 0 Å². The number of rotatable bonds is 5. The number of hydrogen-bond donors (Lipinski definition) is 5. The van der Waals surface area contributed by atoms with Gasteiger partial charge in [-0.3, -0.25) is 4.79 Å². The maximum absolute atomic E-state index is 11.7. The van der Waals surface area contributed by atoms with Gasteiger partial charge in [0.15, 0.2) is 0 Å². The van der Waals surface area contributed by atoms with Crippen molar-refractivity contribution in [1.29, 1.82) is 0 Å². The molecule has 0 aliphatic heterocycles. The third-order valence-electron chi connectivity index (χ3n) is 11.0. The van der Waals surface area contributed by atoms with Crippen LogP contribution >= 0.6 is 0 Å². The van der Waals surface area contributed by atoms with Crippen molar-refractivity contribution in [3.05, 3.63) is 0 Å². The molecular weight excluding hydrogens is 408 g/mol. The third-order valence-corrected chi connectivity index (χ3v) is 11.0.